The number of rotatable bonds is 5. The Morgan fingerprint density at radius 1 is 1.23 bits per heavy atom. The van der Waals surface area contributed by atoms with E-state index in [2.05, 4.69) is 43.4 Å². The number of hydrogen-bond donors (Lipinski definition) is 1. The van der Waals surface area contributed by atoms with Crippen LogP contribution < -0.4 is 5.32 Å². The van der Waals surface area contributed by atoms with E-state index in [4.69, 9.17) is 0 Å². The quantitative estimate of drug-likeness (QED) is 0.726. The second-order valence-electron chi connectivity index (χ2n) is 3.37. The van der Waals surface area contributed by atoms with Crippen molar-refractivity contribution in [3.8, 4) is 0 Å². The van der Waals surface area contributed by atoms with Crippen LogP contribution in [0.15, 0.2) is 30.3 Å². The molecule has 0 aromatic heterocycles. The van der Waals surface area contributed by atoms with Crippen LogP contribution in [0.3, 0.4) is 0 Å². The lowest BCUT2D eigenvalue weighted by atomic mass is 10.1. The number of hydrogen-bond acceptors (Lipinski definition) is 1. The molecule has 0 saturated carbocycles. The first-order valence-electron chi connectivity index (χ1n) is 4.93. The minimum absolute atomic E-state index is 0.951. The van der Waals surface area contributed by atoms with Crippen LogP contribution in [-0.4, -0.2) is 0 Å². The second-order valence-corrected chi connectivity index (χ2v) is 3.37. The van der Waals surface area contributed by atoms with E-state index < -0.39 is 0 Å². The smallest absolute Gasteiger partial charge is 0.0335 e. The minimum atomic E-state index is 0.951. The van der Waals surface area contributed by atoms with Gasteiger partial charge in [0.1, 0.15) is 0 Å². The van der Waals surface area contributed by atoms with Crippen molar-refractivity contribution in [2.24, 2.45) is 0 Å². The molecule has 1 heteroatoms. The zero-order valence-corrected chi connectivity index (χ0v) is 8.51. The molecular formula is C12H18N. The summed E-state index contributed by atoms with van der Waals surface area (Å²) in [6.45, 7) is 5.31. The maximum atomic E-state index is 3.42. The number of benzene rings is 1. The number of nitrogens with one attached hydrogen (secondary N) is 1. The first-order valence-corrected chi connectivity index (χ1v) is 4.93. The molecule has 0 fully saturated rings. The molecule has 1 aromatic rings. The third kappa shape index (κ3) is 4.09. The predicted octanol–water partition coefficient (Wildman–Crippen LogP) is 3.13. The van der Waals surface area contributed by atoms with Gasteiger partial charge in [-0.2, -0.15) is 0 Å². The largest absolute Gasteiger partial charge is 0.306 e. The Bertz CT molecular complexity index is 218. The zero-order valence-electron chi connectivity index (χ0n) is 8.51. The highest BCUT2D eigenvalue weighted by Gasteiger charge is 1.99. The standard InChI is InChI=1S/C12H18N/c1-3-7-11(2)13-10-12-8-5-4-6-9-12/h4-6,8-9,13H,3,7,10H2,1-2H3. The van der Waals surface area contributed by atoms with Gasteiger partial charge >= 0.3 is 0 Å². The van der Waals surface area contributed by atoms with Crippen molar-refractivity contribution in [3.05, 3.63) is 41.9 Å². The lowest BCUT2D eigenvalue weighted by molar-refractivity contribution is 0.632. The van der Waals surface area contributed by atoms with E-state index in [9.17, 15) is 0 Å². The molecule has 1 N–H and O–H groups in total. The molecular weight excluding hydrogens is 158 g/mol. The molecule has 0 bridgehead atoms. The van der Waals surface area contributed by atoms with Crippen LogP contribution in [0, 0.1) is 6.04 Å². The molecule has 13 heavy (non-hydrogen) atoms. The highest BCUT2D eigenvalue weighted by molar-refractivity contribution is 5.14. The third-order valence-corrected chi connectivity index (χ3v) is 2.06. The van der Waals surface area contributed by atoms with Crippen molar-refractivity contribution < 1.29 is 0 Å². The van der Waals surface area contributed by atoms with Gasteiger partial charge in [-0.25, -0.2) is 0 Å². The zero-order chi connectivity index (χ0) is 9.52. The third-order valence-electron chi connectivity index (χ3n) is 2.06. The normalized spacial score (nSPS) is 10.7. The Morgan fingerprint density at radius 2 is 1.92 bits per heavy atom. The SMILES string of the molecule is CCC[C](C)NCc1ccccc1. The summed E-state index contributed by atoms with van der Waals surface area (Å²) in [6, 6.07) is 11.9. The van der Waals surface area contributed by atoms with Gasteiger partial charge in [0.15, 0.2) is 0 Å². The van der Waals surface area contributed by atoms with Gasteiger partial charge in [-0.15, -0.1) is 0 Å². The summed E-state index contributed by atoms with van der Waals surface area (Å²) in [4.78, 5) is 0. The second kappa shape index (κ2) is 5.76. The average molecular weight is 176 g/mol. The van der Waals surface area contributed by atoms with E-state index in [0.717, 1.165) is 6.54 Å². The van der Waals surface area contributed by atoms with Crippen LogP contribution in [0.1, 0.15) is 32.3 Å². The van der Waals surface area contributed by atoms with E-state index in [1.807, 2.05) is 6.07 Å². The fraction of sp³-hybridized carbons (Fsp3) is 0.417. The molecule has 0 aliphatic heterocycles. The fourth-order valence-electron chi connectivity index (χ4n) is 1.31. The molecule has 1 rings (SSSR count). The van der Waals surface area contributed by atoms with Crippen LogP contribution in [0.25, 0.3) is 0 Å². The summed E-state index contributed by atoms with van der Waals surface area (Å²) in [5.41, 5.74) is 1.35. The lowest BCUT2D eigenvalue weighted by Crippen LogP contribution is -2.17. The Hall–Kier alpha value is -0.820. The maximum Gasteiger partial charge on any atom is 0.0335 e. The van der Waals surface area contributed by atoms with Crippen molar-refractivity contribution in [3.63, 3.8) is 0 Å². The Labute approximate surface area is 81.2 Å². The summed E-state index contributed by atoms with van der Waals surface area (Å²) < 4.78 is 0. The van der Waals surface area contributed by atoms with Gasteiger partial charge in [-0.3, -0.25) is 0 Å². The van der Waals surface area contributed by atoms with Crippen molar-refractivity contribution in [2.75, 3.05) is 0 Å². The molecule has 0 atom stereocenters. The average Bonchev–Trinajstić information content (AvgIpc) is 2.17. The Balaban J connectivity index is 2.27. The van der Waals surface area contributed by atoms with Crippen LogP contribution in [0.4, 0.5) is 0 Å². The van der Waals surface area contributed by atoms with Crippen molar-refractivity contribution in [1.29, 1.82) is 0 Å². The van der Waals surface area contributed by atoms with Gasteiger partial charge in [0.05, 0.1) is 0 Å². The molecule has 1 nitrogen and oxygen atoms in total. The van der Waals surface area contributed by atoms with Crippen molar-refractivity contribution in [2.45, 2.75) is 33.2 Å². The van der Waals surface area contributed by atoms with Gasteiger partial charge in [0.25, 0.3) is 0 Å². The molecule has 0 heterocycles. The summed E-state index contributed by atoms with van der Waals surface area (Å²) in [5, 5.41) is 3.42. The highest BCUT2D eigenvalue weighted by Crippen LogP contribution is 2.05. The van der Waals surface area contributed by atoms with Gasteiger partial charge in [-0.1, -0.05) is 43.7 Å². The highest BCUT2D eigenvalue weighted by atomic mass is 14.9. The van der Waals surface area contributed by atoms with Crippen molar-refractivity contribution in [1.82, 2.24) is 5.32 Å². The van der Waals surface area contributed by atoms with Crippen LogP contribution in [0.5, 0.6) is 0 Å². The van der Waals surface area contributed by atoms with Crippen molar-refractivity contribution >= 4 is 0 Å². The summed E-state index contributed by atoms with van der Waals surface area (Å²) >= 11 is 0. The predicted molar refractivity (Wildman–Crippen MR) is 57.1 cm³/mol. The molecule has 0 aliphatic carbocycles. The van der Waals surface area contributed by atoms with Gasteiger partial charge in [-0.05, 0) is 18.9 Å². The molecule has 1 radical (unpaired) electrons. The molecule has 1 aromatic carbocycles. The van der Waals surface area contributed by atoms with E-state index in [1.165, 1.54) is 24.4 Å². The van der Waals surface area contributed by atoms with E-state index in [1.54, 1.807) is 0 Å². The van der Waals surface area contributed by atoms with Gasteiger partial charge in [0.2, 0.25) is 0 Å². The molecule has 0 amide bonds. The molecule has 0 spiro atoms. The molecule has 0 aliphatic rings. The van der Waals surface area contributed by atoms with Crippen LogP contribution in [0.2, 0.25) is 0 Å². The molecule has 71 valence electrons. The molecule has 0 saturated heterocycles. The Kier molecular flexibility index (Phi) is 4.55. The first kappa shape index (κ1) is 10.3. The summed E-state index contributed by atoms with van der Waals surface area (Å²) in [5.74, 6) is 0. The van der Waals surface area contributed by atoms with Crippen LogP contribution >= 0.6 is 0 Å². The minimum Gasteiger partial charge on any atom is -0.306 e. The lowest BCUT2D eigenvalue weighted by Gasteiger charge is -2.11. The van der Waals surface area contributed by atoms with Crippen LogP contribution in [-0.2, 0) is 6.54 Å². The first-order chi connectivity index (χ1) is 6.33. The topological polar surface area (TPSA) is 12.0 Å². The summed E-state index contributed by atoms with van der Waals surface area (Å²) in [6.07, 6.45) is 2.39. The fourth-order valence-corrected chi connectivity index (χ4v) is 1.31. The summed E-state index contributed by atoms with van der Waals surface area (Å²) in [7, 11) is 0. The van der Waals surface area contributed by atoms with E-state index >= 15 is 0 Å². The maximum absolute atomic E-state index is 3.42. The Morgan fingerprint density at radius 3 is 2.54 bits per heavy atom. The van der Waals surface area contributed by atoms with Gasteiger partial charge < -0.3 is 5.32 Å². The van der Waals surface area contributed by atoms with E-state index in [0.29, 0.717) is 0 Å². The molecule has 0 unspecified atom stereocenters. The van der Waals surface area contributed by atoms with E-state index in [-0.39, 0.29) is 0 Å². The van der Waals surface area contributed by atoms with Gasteiger partial charge in [0, 0.05) is 12.6 Å². The monoisotopic (exact) mass is 176 g/mol.